The number of hydrogen-bond acceptors (Lipinski definition) is 7. The lowest BCUT2D eigenvalue weighted by Crippen LogP contribution is -2.43. The van der Waals surface area contributed by atoms with Gasteiger partial charge in [0.1, 0.15) is 11.3 Å². The van der Waals surface area contributed by atoms with Crippen molar-refractivity contribution in [3.63, 3.8) is 0 Å². The van der Waals surface area contributed by atoms with E-state index < -0.39 is 0 Å². The third kappa shape index (κ3) is 2.52. The summed E-state index contributed by atoms with van der Waals surface area (Å²) in [6.07, 6.45) is 4.94. The number of ether oxygens (including phenoxy) is 1. The first-order chi connectivity index (χ1) is 11.7. The number of anilines is 1. The molecule has 2 aliphatic heterocycles. The van der Waals surface area contributed by atoms with Gasteiger partial charge in [-0.1, -0.05) is 5.16 Å². The Morgan fingerprint density at radius 3 is 3.04 bits per heavy atom. The molecular weight excluding hydrogens is 310 g/mol. The van der Waals surface area contributed by atoms with Gasteiger partial charge in [0, 0.05) is 43.4 Å². The highest BCUT2D eigenvalue weighted by molar-refractivity contribution is 5.94. The van der Waals surface area contributed by atoms with Gasteiger partial charge in [0.2, 0.25) is 5.95 Å². The summed E-state index contributed by atoms with van der Waals surface area (Å²) in [5.74, 6) is 1.44. The molecule has 0 unspecified atom stereocenters. The van der Waals surface area contributed by atoms with Gasteiger partial charge in [-0.05, 0) is 13.0 Å². The summed E-state index contributed by atoms with van der Waals surface area (Å²) in [7, 11) is 0. The number of fused-ring (bicyclic) bond motifs is 1. The summed E-state index contributed by atoms with van der Waals surface area (Å²) < 4.78 is 10.7. The molecule has 8 nitrogen and oxygen atoms in total. The molecule has 8 heteroatoms. The van der Waals surface area contributed by atoms with Crippen LogP contribution >= 0.6 is 0 Å². The summed E-state index contributed by atoms with van der Waals surface area (Å²) in [5.41, 5.74) is 0.364. The quantitative estimate of drug-likeness (QED) is 0.880. The lowest BCUT2D eigenvalue weighted by molar-refractivity contribution is 0.0918. The van der Waals surface area contributed by atoms with Crippen molar-refractivity contribution < 1.29 is 14.1 Å². The molecule has 0 saturated carbocycles. The van der Waals surface area contributed by atoms with E-state index in [0.29, 0.717) is 37.0 Å². The first-order valence-corrected chi connectivity index (χ1v) is 7.97. The van der Waals surface area contributed by atoms with Gasteiger partial charge in [0.05, 0.1) is 19.4 Å². The van der Waals surface area contributed by atoms with Crippen molar-refractivity contribution in [3.05, 3.63) is 36.0 Å². The predicted octanol–water partition coefficient (Wildman–Crippen LogP) is 0.656. The fraction of sp³-hybridized carbons (Fsp3) is 0.500. The average Bonchev–Trinajstić information content (AvgIpc) is 3.27. The van der Waals surface area contributed by atoms with Crippen molar-refractivity contribution in [2.75, 3.05) is 37.7 Å². The van der Waals surface area contributed by atoms with Gasteiger partial charge in [-0.2, -0.15) is 0 Å². The number of amides is 1. The number of hydrogen-bond donors (Lipinski definition) is 1. The third-order valence-corrected chi connectivity index (χ3v) is 4.95. The van der Waals surface area contributed by atoms with Crippen molar-refractivity contribution in [3.8, 4) is 0 Å². The Morgan fingerprint density at radius 1 is 1.46 bits per heavy atom. The lowest BCUT2D eigenvalue weighted by Gasteiger charge is -2.27. The maximum absolute atomic E-state index is 12.3. The summed E-state index contributed by atoms with van der Waals surface area (Å²) in [6.45, 7) is 5.21. The predicted molar refractivity (Wildman–Crippen MR) is 84.6 cm³/mol. The minimum Gasteiger partial charge on any atom is -0.380 e. The zero-order valence-corrected chi connectivity index (χ0v) is 13.4. The molecule has 2 saturated heterocycles. The molecular formula is C16H19N5O3. The minimum atomic E-state index is -0.164. The van der Waals surface area contributed by atoms with E-state index in [1.807, 2.05) is 0 Å². The average molecular weight is 329 g/mol. The van der Waals surface area contributed by atoms with Crippen LogP contribution < -0.4 is 10.2 Å². The normalized spacial score (nSPS) is 25.7. The molecule has 2 fully saturated rings. The van der Waals surface area contributed by atoms with Crippen molar-refractivity contribution in [1.82, 2.24) is 20.4 Å². The maximum atomic E-state index is 12.3. The van der Waals surface area contributed by atoms with Gasteiger partial charge in [0.15, 0.2) is 0 Å². The molecule has 2 aliphatic rings. The standard InChI is InChI=1S/C16H19N5O3/c1-11-13(5-20-24-11)14(22)19-8-16-9-21(6-12(16)7-23-10-16)15-17-3-2-4-18-15/h2-5,12H,6-10H2,1H3,(H,19,22)/t12-,16+/m0/s1. The van der Waals surface area contributed by atoms with Gasteiger partial charge < -0.3 is 19.5 Å². The van der Waals surface area contributed by atoms with Crippen LogP contribution in [-0.2, 0) is 4.74 Å². The second-order valence-electron chi connectivity index (χ2n) is 6.48. The molecule has 0 bridgehead atoms. The van der Waals surface area contributed by atoms with Crippen LogP contribution in [0.4, 0.5) is 5.95 Å². The molecule has 2 aromatic rings. The summed E-state index contributed by atoms with van der Waals surface area (Å²) in [6, 6.07) is 1.81. The van der Waals surface area contributed by atoms with Crippen LogP contribution in [0.25, 0.3) is 0 Å². The van der Waals surface area contributed by atoms with Crippen LogP contribution in [-0.4, -0.2) is 53.9 Å². The number of carbonyl (C=O) groups excluding carboxylic acids is 1. The second kappa shape index (κ2) is 5.86. The first-order valence-electron chi connectivity index (χ1n) is 7.97. The first kappa shape index (κ1) is 15.1. The van der Waals surface area contributed by atoms with E-state index in [2.05, 4.69) is 25.3 Å². The fourth-order valence-corrected chi connectivity index (χ4v) is 3.56. The zero-order valence-electron chi connectivity index (χ0n) is 13.4. The highest BCUT2D eigenvalue weighted by Crippen LogP contribution is 2.41. The highest BCUT2D eigenvalue weighted by atomic mass is 16.5. The van der Waals surface area contributed by atoms with Gasteiger partial charge in [-0.3, -0.25) is 4.79 Å². The fourth-order valence-electron chi connectivity index (χ4n) is 3.56. The van der Waals surface area contributed by atoms with Gasteiger partial charge >= 0.3 is 0 Å². The van der Waals surface area contributed by atoms with Crippen LogP contribution in [0.15, 0.2) is 29.2 Å². The Bertz CT molecular complexity index is 734. The molecule has 0 aromatic carbocycles. The zero-order chi connectivity index (χ0) is 16.6. The summed E-state index contributed by atoms with van der Waals surface area (Å²) in [4.78, 5) is 23.2. The number of aromatic nitrogens is 3. The topological polar surface area (TPSA) is 93.4 Å². The molecule has 1 N–H and O–H groups in total. The van der Waals surface area contributed by atoms with E-state index in [-0.39, 0.29) is 11.3 Å². The number of nitrogens with zero attached hydrogens (tertiary/aromatic N) is 4. The Labute approximate surface area is 139 Å². The summed E-state index contributed by atoms with van der Waals surface area (Å²) in [5, 5.41) is 6.67. The van der Waals surface area contributed by atoms with Crippen LogP contribution in [0.2, 0.25) is 0 Å². The van der Waals surface area contributed by atoms with Crippen molar-refractivity contribution in [2.24, 2.45) is 11.3 Å². The highest BCUT2D eigenvalue weighted by Gasteiger charge is 2.51. The number of rotatable bonds is 4. The van der Waals surface area contributed by atoms with Crippen LogP contribution in [0.3, 0.4) is 0 Å². The molecule has 4 rings (SSSR count). The third-order valence-electron chi connectivity index (χ3n) is 4.95. The number of nitrogens with one attached hydrogen (secondary N) is 1. The van der Waals surface area contributed by atoms with E-state index in [1.54, 1.807) is 25.4 Å². The van der Waals surface area contributed by atoms with Crippen LogP contribution in [0, 0.1) is 18.3 Å². The Kier molecular flexibility index (Phi) is 3.68. The second-order valence-corrected chi connectivity index (χ2v) is 6.48. The van der Waals surface area contributed by atoms with E-state index in [4.69, 9.17) is 9.26 Å². The number of carbonyl (C=O) groups is 1. The molecule has 1 amide bonds. The molecule has 2 atom stereocenters. The van der Waals surface area contributed by atoms with Crippen LogP contribution in [0.5, 0.6) is 0 Å². The van der Waals surface area contributed by atoms with Crippen LogP contribution in [0.1, 0.15) is 16.1 Å². The van der Waals surface area contributed by atoms with Crippen molar-refractivity contribution >= 4 is 11.9 Å². The maximum Gasteiger partial charge on any atom is 0.256 e. The molecule has 0 radical (unpaired) electrons. The molecule has 0 aliphatic carbocycles. The minimum absolute atomic E-state index is 0.111. The van der Waals surface area contributed by atoms with Gasteiger partial charge in [-0.15, -0.1) is 0 Å². The molecule has 24 heavy (non-hydrogen) atoms. The van der Waals surface area contributed by atoms with Crippen molar-refractivity contribution in [2.45, 2.75) is 6.92 Å². The summed E-state index contributed by atoms with van der Waals surface area (Å²) >= 11 is 0. The van der Waals surface area contributed by atoms with Gasteiger partial charge in [0.25, 0.3) is 5.91 Å². The Hall–Kier alpha value is -2.48. The largest absolute Gasteiger partial charge is 0.380 e. The monoisotopic (exact) mass is 329 g/mol. The van der Waals surface area contributed by atoms with Gasteiger partial charge in [-0.25, -0.2) is 9.97 Å². The molecule has 126 valence electrons. The van der Waals surface area contributed by atoms with E-state index in [1.165, 1.54) is 6.20 Å². The Balaban J connectivity index is 1.47. The number of aryl methyl sites for hydroxylation is 1. The smallest absolute Gasteiger partial charge is 0.256 e. The SMILES string of the molecule is Cc1oncc1C(=O)NC[C@@]12COC[C@@H]1CN(c1ncccn1)C2. The van der Waals surface area contributed by atoms with E-state index in [9.17, 15) is 4.79 Å². The van der Waals surface area contributed by atoms with E-state index >= 15 is 0 Å². The molecule has 0 spiro atoms. The molecule has 2 aromatic heterocycles. The Morgan fingerprint density at radius 2 is 2.29 bits per heavy atom. The van der Waals surface area contributed by atoms with Crippen molar-refractivity contribution in [1.29, 1.82) is 0 Å². The van der Waals surface area contributed by atoms with E-state index in [0.717, 1.165) is 19.0 Å². The molecule has 4 heterocycles. The lowest BCUT2D eigenvalue weighted by atomic mass is 9.81.